The molecule has 0 radical (unpaired) electrons. The predicted octanol–water partition coefficient (Wildman–Crippen LogP) is 5.52. The average molecular weight is 523 g/mol. The normalized spacial score (nSPS) is 23.1. The zero-order valence-electron chi connectivity index (χ0n) is 21.9. The molecule has 1 fully saturated rings. The van der Waals surface area contributed by atoms with Crippen LogP contribution in [-0.4, -0.2) is 54.4 Å². The summed E-state index contributed by atoms with van der Waals surface area (Å²) in [5.41, 5.74) is 6.94. The summed E-state index contributed by atoms with van der Waals surface area (Å²) in [6.45, 7) is 8.29. The monoisotopic (exact) mass is 522 g/mol. The number of aliphatic imine (C=N–C) groups is 1. The molecule has 2 N–H and O–H groups in total. The molecule has 1 saturated carbocycles. The maximum absolute atomic E-state index is 14.8. The van der Waals surface area contributed by atoms with Gasteiger partial charge in [0, 0.05) is 38.1 Å². The van der Waals surface area contributed by atoms with Gasteiger partial charge in [0.1, 0.15) is 18.1 Å². The number of hydrogen-bond acceptors (Lipinski definition) is 8. The first kappa shape index (κ1) is 29.7. The third kappa shape index (κ3) is 7.72. The minimum absolute atomic E-state index is 0.0604. The Kier molecular flexibility index (Phi) is 11.7. The van der Waals surface area contributed by atoms with E-state index in [4.69, 9.17) is 15.2 Å². The van der Waals surface area contributed by atoms with Gasteiger partial charge < -0.3 is 19.9 Å². The lowest BCUT2D eigenvalue weighted by Crippen LogP contribution is -2.17. The van der Waals surface area contributed by atoms with E-state index in [2.05, 4.69) is 26.6 Å². The molecular formula is C26H36F2N4O3S. The molecule has 10 heteroatoms. The smallest absolute Gasteiger partial charge is 0.232 e. The van der Waals surface area contributed by atoms with E-state index >= 15 is 0 Å². The summed E-state index contributed by atoms with van der Waals surface area (Å²) in [5, 5.41) is 0.834. The SMILES string of the molecule is CC.COC.COC(C)COc1cnc(/C(F)=C/c2ccc(F)c(C3N=C(N)SC4C3[C@@H]4C)c2)cn1. The summed E-state index contributed by atoms with van der Waals surface area (Å²) in [6, 6.07) is 4.14. The highest BCUT2D eigenvalue weighted by Crippen LogP contribution is 2.58. The highest BCUT2D eigenvalue weighted by molar-refractivity contribution is 8.14. The Morgan fingerprint density at radius 2 is 1.89 bits per heavy atom. The topological polar surface area (TPSA) is 91.8 Å². The number of fused-ring (bicyclic) bond motifs is 1. The van der Waals surface area contributed by atoms with Gasteiger partial charge in [0.05, 0.1) is 24.5 Å². The van der Waals surface area contributed by atoms with Gasteiger partial charge in [-0.05, 0) is 36.6 Å². The van der Waals surface area contributed by atoms with E-state index < -0.39 is 5.83 Å². The van der Waals surface area contributed by atoms with Crippen LogP contribution in [0.4, 0.5) is 8.78 Å². The van der Waals surface area contributed by atoms with Gasteiger partial charge in [-0.25, -0.2) is 18.7 Å². The molecule has 2 heterocycles. The quantitative estimate of drug-likeness (QED) is 0.512. The fourth-order valence-electron chi connectivity index (χ4n) is 3.66. The van der Waals surface area contributed by atoms with Gasteiger partial charge in [-0.2, -0.15) is 0 Å². The number of halogens is 2. The van der Waals surface area contributed by atoms with Gasteiger partial charge >= 0.3 is 0 Å². The first-order valence-electron chi connectivity index (χ1n) is 11.8. The largest absolute Gasteiger partial charge is 0.474 e. The van der Waals surface area contributed by atoms with Crippen LogP contribution in [0.3, 0.4) is 0 Å². The minimum Gasteiger partial charge on any atom is -0.474 e. The highest BCUT2D eigenvalue weighted by atomic mass is 32.2. The van der Waals surface area contributed by atoms with E-state index in [1.165, 1.54) is 30.6 Å². The highest BCUT2D eigenvalue weighted by Gasteiger charge is 2.55. The van der Waals surface area contributed by atoms with Gasteiger partial charge in [0.15, 0.2) is 11.0 Å². The molecule has 1 aliphatic heterocycles. The Balaban J connectivity index is 0.000000850. The predicted molar refractivity (Wildman–Crippen MR) is 142 cm³/mol. The summed E-state index contributed by atoms with van der Waals surface area (Å²) in [5.74, 6) is -0.00596. The van der Waals surface area contributed by atoms with Crippen molar-refractivity contribution < 1.29 is 23.0 Å². The van der Waals surface area contributed by atoms with Crippen LogP contribution in [-0.2, 0) is 9.47 Å². The first-order chi connectivity index (χ1) is 17.3. The Bertz CT molecular complexity index is 1040. The summed E-state index contributed by atoms with van der Waals surface area (Å²) >= 11 is 1.55. The molecule has 36 heavy (non-hydrogen) atoms. The molecular weight excluding hydrogens is 486 g/mol. The van der Waals surface area contributed by atoms with Gasteiger partial charge in [0.2, 0.25) is 5.88 Å². The number of nitrogens with two attached hydrogens (primary N) is 1. The third-order valence-electron chi connectivity index (χ3n) is 5.62. The number of ether oxygens (including phenoxy) is 3. The van der Waals surface area contributed by atoms with Gasteiger partial charge in [-0.3, -0.25) is 4.99 Å². The molecule has 198 valence electrons. The number of thioether (sulfide) groups is 1. The summed E-state index contributed by atoms with van der Waals surface area (Å²) in [4.78, 5) is 12.6. The molecule has 2 aromatic rings. The Morgan fingerprint density at radius 3 is 2.50 bits per heavy atom. The minimum atomic E-state index is -0.582. The molecule has 0 bridgehead atoms. The molecule has 0 spiro atoms. The van der Waals surface area contributed by atoms with Crippen molar-refractivity contribution >= 4 is 28.8 Å². The zero-order chi connectivity index (χ0) is 26.8. The molecule has 4 unspecified atom stereocenters. The summed E-state index contributed by atoms with van der Waals surface area (Å²) < 4.78 is 44.1. The number of aromatic nitrogens is 2. The fraction of sp³-hybridized carbons (Fsp3) is 0.500. The van der Waals surface area contributed by atoms with Crippen molar-refractivity contribution in [1.29, 1.82) is 0 Å². The van der Waals surface area contributed by atoms with Crippen LogP contribution in [0, 0.1) is 17.7 Å². The van der Waals surface area contributed by atoms with Crippen molar-refractivity contribution in [1.82, 2.24) is 9.97 Å². The summed E-state index contributed by atoms with van der Waals surface area (Å²) in [7, 11) is 4.84. The molecule has 4 rings (SSSR count). The number of rotatable bonds is 7. The van der Waals surface area contributed by atoms with E-state index in [9.17, 15) is 8.78 Å². The first-order valence-corrected chi connectivity index (χ1v) is 12.7. The van der Waals surface area contributed by atoms with Crippen LogP contribution >= 0.6 is 11.8 Å². The molecule has 7 nitrogen and oxygen atoms in total. The van der Waals surface area contributed by atoms with Crippen LogP contribution in [0.15, 0.2) is 35.6 Å². The third-order valence-corrected chi connectivity index (χ3v) is 6.99. The van der Waals surface area contributed by atoms with Gasteiger partial charge in [-0.1, -0.05) is 38.6 Å². The standard InChI is InChI=1S/C22H24F2N4O2S.C2H6O.C2H6/c1-11(29-3)10-30-18-9-26-17(8-27-18)16(24)7-13-4-5-15(23)14(6-13)20-19-12(2)21(19)31-22(25)28-20;1-3-2;1-2/h4-9,11-12,19-21H,10H2,1-3H3,(H2,25,28);1-2H3;1-2H3/b16-7-;;/t11?,12-,19?,20?,21?;;/m0../s1. The van der Waals surface area contributed by atoms with E-state index in [1.54, 1.807) is 39.2 Å². The second kappa shape index (κ2) is 14.2. The summed E-state index contributed by atoms with van der Waals surface area (Å²) in [6.07, 6.45) is 3.86. The lowest BCUT2D eigenvalue weighted by Gasteiger charge is -2.19. The molecule has 1 aromatic carbocycles. The number of hydrogen-bond donors (Lipinski definition) is 1. The Hall–Kier alpha value is -2.56. The van der Waals surface area contributed by atoms with E-state index in [0.717, 1.165) is 0 Å². The second-order valence-corrected chi connectivity index (χ2v) is 9.41. The van der Waals surface area contributed by atoms with Crippen molar-refractivity contribution in [2.45, 2.75) is 45.1 Å². The number of amidine groups is 1. The van der Waals surface area contributed by atoms with Gasteiger partial charge in [-0.15, -0.1) is 0 Å². The van der Waals surface area contributed by atoms with Crippen LogP contribution in [0.5, 0.6) is 5.88 Å². The molecule has 1 aliphatic carbocycles. The lowest BCUT2D eigenvalue weighted by molar-refractivity contribution is 0.0698. The van der Waals surface area contributed by atoms with Crippen LogP contribution in [0.1, 0.15) is 50.6 Å². The molecule has 0 amide bonds. The number of benzene rings is 1. The average Bonchev–Trinajstić information content (AvgIpc) is 3.54. The van der Waals surface area contributed by atoms with E-state index in [0.29, 0.717) is 34.1 Å². The van der Waals surface area contributed by atoms with Crippen molar-refractivity contribution in [3.63, 3.8) is 0 Å². The van der Waals surface area contributed by atoms with Crippen molar-refractivity contribution in [3.8, 4) is 5.88 Å². The Morgan fingerprint density at radius 1 is 1.19 bits per heavy atom. The number of nitrogens with zero attached hydrogens (tertiary/aromatic N) is 3. The molecule has 5 atom stereocenters. The van der Waals surface area contributed by atoms with Crippen LogP contribution < -0.4 is 10.5 Å². The maximum atomic E-state index is 14.8. The fourth-order valence-corrected chi connectivity index (χ4v) is 4.97. The second-order valence-electron chi connectivity index (χ2n) is 8.21. The van der Waals surface area contributed by atoms with Crippen molar-refractivity contribution in [2.24, 2.45) is 22.6 Å². The van der Waals surface area contributed by atoms with E-state index in [1.807, 2.05) is 20.8 Å². The van der Waals surface area contributed by atoms with Crippen molar-refractivity contribution in [3.05, 3.63) is 53.2 Å². The molecule has 2 aliphatic rings. The van der Waals surface area contributed by atoms with Crippen LogP contribution in [0.2, 0.25) is 0 Å². The molecule has 0 saturated heterocycles. The van der Waals surface area contributed by atoms with Crippen LogP contribution in [0.25, 0.3) is 11.9 Å². The maximum Gasteiger partial charge on any atom is 0.232 e. The lowest BCUT2D eigenvalue weighted by atomic mass is 9.98. The molecule has 1 aromatic heterocycles. The van der Waals surface area contributed by atoms with E-state index in [-0.39, 0.29) is 35.5 Å². The number of methoxy groups -OCH3 is 2. The zero-order valence-corrected chi connectivity index (χ0v) is 22.7. The van der Waals surface area contributed by atoms with Gasteiger partial charge in [0.25, 0.3) is 0 Å². The van der Waals surface area contributed by atoms with Crippen molar-refractivity contribution in [2.75, 3.05) is 27.9 Å². The Labute approximate surface area is 216 Å².